The van der Waals surface area contributed by atoms with Crippen molar-refractivity contribution in [2.45, 2.75) is 75.8 Å². The van der Waals surface area contributed by atoms with E-state index in [1.165, 1.54) is 64.2 Å². The summed E-state index contributed by atoms with van der Waals surface area (Å²) in [5.41, 5.74) is 11.2. The molecule has 0 heterocycles. The third kappa shape index (κ3) is 4.18. The van der Waals surface area contributed by atoms with Crippen molar-refractivity contribution in [2.24, 2.45) is 17.4 Å². The predicted molar refractivity (Wildman–Crippen MR) is 77.6 cm³/mol. The van der Waals surface area contributed by atoms with E-state index in [2.05, 4.69) is 5.32 Å². The number of carbonyl (C=O) groups is 1. The number of fused-ring (bicyclic) bond motifs is 1. The van der Waals surface area contributed by atoms with Gasteiger partial charge < -0.3 is 16.8 Å². The Hall–Kier alpha value is -0.610. The minimum absolute atomic E-state index is 0.275. The molecule has 0 aromatic carbocycles. The molecule has 2 aliphatic rings. The first-order valence-corrected chi connectivity index (χ1v) is 7.94. The molecule has 19 heavy (non-hydrogen) atoms. The molecule has 2 fully saturated rings. The van der Waals surface area contributed by atoms with Gasteiger partial charge in [-0.05, 0) is 25.2 Å². The standard InChI is InChI=1S/C15H29N3O/c16-13(14(17)19)11-18-15-9-7-5-3-1-2-4-6-8-12(15)10-15/h12-13,18H,1-11,16H2,(H2,17,19). The largest absolute Gasteiger partial charge is 0.368 e. The molecule has 0 bridgehead atoms. The molecule has 4 heteroatoms. The van der Waals surface area contributed by atoms with Crippen molar-refractivity contribution in [3.05, 3.63) is 0 Å². The van der Waals surface area contributed by atoms with Crippen molar-refractivity contribution in [1.29, 1.82) is 0 Å². The van der Waals surface area contributed by atoms with Crippen LogP contribution in [0.5, 0.6) is 0 Å². The molecular weight excluding hydrogens is 238 g/mol. The Labute approximate surface area is 116 Å². The second kappa shape index (κ2) is 6.71. The molecule has 0 radical (unpaired) electrons. The lowest BCUT2D eigenvalue weighted by Gasteiger charge is -2.21. The van der Waals surface area contributed by atoms with Gasteiger partial charge in [0, 0.05) is 12.1 Å². The Morgan fingerprint density at radius 1 is 1.16 bits per heavy atom. The number of carbonyl (C=O) groups excluding carboxylic acids is 1. The molecule has 110 valence electrons. The second-order valence-corrected chi connectivity index (χ2v) is 6.46. The smallest absolute Gasteiger partial charge is 0.235 e. The fourth-order valence-corrected chi connectivity index (χ4v) is 3.50. The van der Waals surface area contributed by atoms with Crippen molar-refractivity contribution in [3.8, 4) is 0 Å². The summed E-state index contributed by atoms with van der Waals surface area (Å²) in [6, 6.07) is -0.547. The molecule has 2 saturated carbocycles. The highest BCUT2D eigenvalue weighted by Crippen LogP contribution is 2.50. The van der Waals surface area contributed by atoms with E-state index in [1.54, 1.807) is 0 Å². The van der Waals surface area contributed by atoms with Crippen LogP contribution in [0.15, 0.2) is 0 Å². The van der Waals surface area contributed by atoms with Crippen LogP contribution in [0.2, 0.25) is 0 Å². The van der Waals surface area contributed by atoms with E-state index < -0.39 is 11.9 Å². The molecule has 2 aliphatic carbocycles. The van der Waals surface area contributed by atoms with E-state index in [-0.39, 0.29) is 5.54 Å². The summed E-state index contributed by atoms with van der Waals surface area (Å²) in [4.78, 5) is 11.0. The van der Waals surface area contributed by atoms with Gasteiger partial charge in [0.2, 0.25) is 5.91 Å². The minimum atomic E-state index is -0.547. The number of primary amides is 1. The van der Waals surface area contributed by atoms with Crippen LogP contribution in [0.1, 0.15) is 64.2 Å². The first-order chi connectivity index (χ1) is 9.14. The molecule has 2 rings (SSSR count). The van der Waals surface area contributed by atoms with Crippen LogP contribution < -0.4 is 16.8 Å². The first-order valence-electron chi connectivity index (χ1n) is 7.94. The van der Waals surface area contributed by atoms with Crippen molar-refractivity contribution in [3.63, 3.8) is 0 Å². The minimum Gasteiger partial charge on any atom is -0.368 e. The van der Waals surface area contributed by atoms with Crippen LogP contribution in [0, 0.1) is 5.92 Å². The SMILES string of the molecule is NC(=O)C(N)CNC12CCCCCCCCCC1C2. The summed E-state index contributed by atoms with van der Waals surface area (Å²) in [5, 5.41) is 3.56. The van der Waals surface area contributed by atoms with Gasteiger partial charge in [-0.25, -0.2) is 0 Å². The number of rotatable bonds is 4. The number of hydrogen-bond acceptors (Lipinski definition) is 3. The van der Waals surface area contributed by atoms with Gasteiger partial charge in [-0.3, -0.25) is 4.79 Å². The van der Waals surface area contributed by atoms with Gasteiger partial charge in [0.05, 0.1) is 6.04 Å². The van der Waals surface area contributed by atoms with Crippen LogP contribution >= 0.6 is 0 Å². The quantitative estimate of drug-likeness (QED) is 0.725. The van der Waals surface area contributed by atoms with Gasteiger partial charge in [0.1, 0.15) is 0 Å². The van der Waals surface area contributed by atoms with Crippen molar-refractivity contribution >= 4 is 5.91 Å². The van der Waals surface area contributed by atoms with E-state index in [9.17, 15) is 4.79 Å². The first kappa shape index (κ1) is 14.8. The lowest BCUT2D eigenvalue weighted by molar-refractivity contribution is -0.119. The highest BCUT2D eigenvalue weighted by atomic mass is 16.1. The van der Waals surface area contributed by atoms with Crippen molar-refractivity contribution in [2.75, 3.05) is 6.54 Å². The summed E-state index contributed by atoms with van der Waals surface area (Å²) in [5.74, 6) is 0.392. The van der Waals surface area contributed by atoms with E-state index in [4.69, 9.17) is 11.5 Å². The molecule has 3 atom stereocenters. The Balaban J connectivity index is 1.83. The molecule has 3 unspecified atom stereocenters. The molecule has 5 N–H and O–H groups in total. The lowest BCUT2D eigenvalue weighted by Crippen LogP contribution is -2.48. The normalized spacial score (nSPS) is 33.8. The predicted octanol–water partition coefficient (Wildman–Crippen LogP) is 1.67. The molecule has 0 aromatic rings. The molecule has 0 aromatic heterocycles. The number of nitrogens with one attached hydrogen (secondary N) is 1. The van der Waals surface area contributed by atoms with Crippen LogP contribution in [0.3, 0.4) is 0 Å². The van der Waals surface area contributed by atoms with Gasteiger partial charge in [-0.15, -0.1) is 0 Å². The van der Waals surface area contributed by atoms with Gasteiger partial charge in [0.25, 0.3) is 0 Å². The Bertz CT molecular complexity index is 308. The average molecular weight is 267 g/mol. The highest BCUT2D eigenvalue weighted by molar-refractivity contribution is 5.79. The fourth-order valence-electron chi connectivity index (χ4n) is 3.50. The van der Waals surface area contributed by atoms with Gasteiger partial charge >= 0.3 is 0 Å². The fraction of sp³-hybridized carbons (Fsp3) is 0.933. The maximum absolute atomic E-state index is 11.0. The zero-order valence-electron chi connectivity index (χ0n) is 12.0. The average Bonchev–Trinajstić information content (AvgIpc) is 3.06. The van der Waals surface area contributed by atoms with Crippen molar-refractivity contribution < 1.29 is 4.79 Å². The molecule has 4 nitrogen and oxygen atoms in total. The van der Waals surface area contributed by atoms with Gasteiger partial charge in [-0.1, -0.05) is 44.9 Å². The topological polar surface area (TPSA) is 81.1 Å². The lowest BCUT2D eigenvalue weighted by atomic mass is 10.0. The van der Waals surface area contributed by atoms with E-state index >= 15 is 0 Å². The molecule has 0 spiro atoms. The van der Waals surface area contributed by atoms with Crippen LogP contribution in [0.25, 0.3) is 0 Å². The van der Waals surface area contributed by atoms with E-state index in [1.807, 2.05) is 0 Å². The van der Waals surface area contributed by atoms with Crippen LogP contribution in [-0.4, -0.2) is 24.0 Å². The number of amides is 1. The molecule has 0 saturated heterocycles. The highest BCUT2D eigenvalue weighted by Gasteiger charge is 2.52. The monoisotopic (exact) mass is 267 g/mol. The van der Waals surface area contributed by atoms with Crippen LogP contribution in [-0.2, 0) is 4.79 Å². The Kier molecular flexibility index (Phi) is 5.22. The summed E-state index contributed by atoms with van der Waals surface area (Å²) in [7, 11) is 0. The third-order valence-corrected chi connectivity index (χ3v) is 4.95. The third-order valence-electron chi connectivity index (χ3n) is 4.95. The van der Waals surface area contributed by atoms with E-state index in [0.717, 1.165) is 5.92 Å². The zero-order valence-corrected chi connectivity index (χ0v) is 12.0. The Morgan fingerprint density at radius 3 is 2.47 bits per heavy atom. The second-order valence-electron chi connectivity index (χ2n) is 6.46. The number of nitrogens with two attached hydrogens (primary N) is 2. The van der Waals surface area contributed by atoms with E-state index in [0.29, 0.717) is 6.54 Å². The van der Waals surface area contributed by atoms with Gasteiger partial charge in [-0.2, -0.15) is 0 Å². The van der Waals surface area contributed by atoms with Gasteiger partial charge in [0.15, 0.2) is 0 Å². The molecule has 0 aliphatic heterocycles. The maximum atomic E-state index is 11.0. The molecule has 1 amide bonds. The number of hydrogen-bond donors (Lipinski definition) is 3. The van der Waals surface area contributed by atoms with Crippen LogP contribution in [0.4, 0.5) is 0 Å². The Morgan fingerprint density at radius 2 is 1.79 bits per heavy atom. The maximum Gasteiger partial charge on any atom is 0.235 e. The summed E-state index contributed by atoms with van der Waals surface area (Å²) in [6.07, 6.45) is 13.4. The summed E-state index contributed by atoms with van der Waals surface area (Å²) in [6.45, 7) is 0.534. The summed E-state index contributed by atoms with van der Waals surface area (Å²) >= 11 is 0. The zero-order chi connectivity index (χ0) is 13.7. The molecular formula is C15H29N3O. The van der Waals surface area contributed by atoms with Crippen molar-refractivity contribution in [1.82, 2.24) is 5.32 Å². The summed E-state index contributed by atoms with van der Waals surface area (Å²) < 4.78 is 0.